The van der Waals surface area contributed by atoms with Crippen LogP contribution >= 0.6 is 0 Å². The summed E-state index contributed by atoms with van der Waals surface area (Å²) in [4.78, 5) is 33.4. The number of hydrogen-bond acceptors (Lipinski definition) is 3. The maximum atomic E-state index is 13.7. The van der Waals surface area contributed by atoms with E-state index in [-0.39, 0.29) is 23.8 Å². The Labute approximate surface area is 172 Å². The summed E-state index contributed by atoms with van der Waals surface area (Å²) in [5, 5.41) is 3.10. The fraction of sp³-hybridized carbons (Fsp3) is 0.458. The molecule has 0 saturated heterocycles. The average molecular weight is 392 g/mol. The van der Waals surface area contributed by atoms with Crippen LogP contribution in [0.15, 0.2) is 48.8 Å². The van der Waals surface area contributed by atoms with E-state index in [1.165, 1.54) is 0 Å². The number of rotatable bonds is 4. The molecule has 0 radical (unpaired) electrons. The first kappa shape index (κ1) is 19.6. The number of nitrogens with zero attached hydrogens (tertiary/aromatic N) is 2. The number of benzene rings is 1. The highest BCUT2D eigenvalue weighted by Crippen LogP contribution is 2.50. The van der Waals surface area contributed by atoms with Crippen LogP contribution in [0.2, 0.25) is 0 Å². The zero-order chi connectivity index (χ0) is 20.4. The lowest BCUT2D eigenvalue weighted by molar-refractivity contribution is -0.122. The van der Waals surface area contributed by atoms with Crippen LogP contribution in [-0.2, 0) is 4.79 Å². The van der Waals surface area contributed by atoms with Gasteiger partial charge >= 0.3 is 0 Å². The van der Waals surface area contributed by atoms with Crippen LogP contribution in [0.3, 0.4) is 0 Å². The molecule has 0 bridgehead atoms. The van der Waals surface area contributed by atoms with E-state index in [0.29, 0.717) is 5.56 Å². The van der Waals surface area contributed by atoms with Crippen molar-refractivity contribution in [3.8, 4) is 0 Å². The summed E-state index contributed by atoms with van der Waals surface area (Å²) in [7, 11) is 0. The molecule has 152 valence electrons. The number of anilines is 1. The Hall–Kier alpha value is -2.69. The first-order chi connectivity index (χ1) is 14.1. The van der Waals surface area contributed by atoms with Crippen LogP contribution in [0.1, 0.15) is 74.2 Å². The molecule has 5 heteroatoms. The summed E-state index contributed by atoms with van der Waals surface area (Å²) in [6, 6.07) is 11.4. The van der Waals surface area contributed by atoms with E-state index >= 15 is 0 Å². The second-order valence-corrected chi connectivity index (χ2v) is 8.34. The van der Waals surface area contributed by atoms with E-state index in [1.807, 2.05) is 24.3 Å². The molecule has 1 N–H and O–H groups in total. The van der Waals surface area contributed by atoms with Crippen molar-refractivity contribution in [1.29, 1.82) is 0 Å². The Morgan fingerprint density at radius 3 is 2.55 bits per heavy atom. The minimum atomic E-state index is -0.462. The Balaban J connectivity index is 1.85. The molecule has 1 fully saturated rings. The number of pyridine rings is 1. The van der Waals surface area contributed by atoms with E-state index < -0.39 is 5.54 Å². The summed E-state index contributed by atoms with van der Waals surface area (Å²) in [6.07, 6.45) is 9.20. The molecule has 1 aromatic heterocycles. The quantitative estimate of drug-likeness (QED) is 0.817. The van der Waals surface area contributed by atoms with Gasteiger partial charge in [0.1, 0.15) is 0 Å². The molecule has 1 aliphatic carbocycles. The molecule has 2 heterocycles. The minimum absolute atomic E-state index is 0.0358. The molecular formula is C24H29N3O2. The molecule has 0 unspecified atom stereocenters. The molecule has 1 aliphatic heterocycles. The zero-order valence-electron chi connectivity index (χ0n) is 17.2. The molecule has 1 aromatic carbocycles. The van der Waals surface area contributed by atoms with Gasteiger partial charge in [-0.3, -0.25) is 14.6 Å². The standard InChI is InChI=1S/C24H29N3O2/c1-3-17(2)27-23(29)20-10-6-5-9-19(20)21(24(27)13-7-4-8-14-24)22(28)26-18-11-15-25-16-12-18/h5-6,9-12,15-17,21H,3-4,7-8,13-14H2,1-2H3,(H,25,26,28)/t17-,21-/m0/s1. The average Bonchev–Trinajstić information content (AvgIpc) is 2.75. The van der Waals surface area contributed by atoms with Crippen molar-refractivity contribution in [2.75, 3.05) is 5.32 Å². The molecule has 2 aliphatic rings. The smallest absolute Gasteiger partial charge is 0.254 e. The monoisotopic (exact) mass is 391 g/mol. The molecule has 2 amide bonds. The van der Waals surface area contributed by atoms with Crippen molar-refractivity contribution < 1.29 is 9.59 Å². The van der Waals surface area contributed by atoms with Crippen molar-refractivity contribution in [2.45, 2.75) is 69.9 Å². The van der Waals surface area contributed by atoms with Crippen molar-refractivity contribution in [3.63, 3.8) is 0 Å². The molecular weight excluding hydrogens is 362 g/mol. The van der Waals surface area contributed by atoms with Crippen molar-refractivity contribution in [3.05, 3.63) is 59.9 Å². The largest absolute Gasteiger partial charge is 0.329 e. The van der Waals surface area contributed by atoms with Gasteiger partial charge in [-0.25, -0.2) is 0 Å². The molecule has 1 spiro atoms. The molecule has 2 aromatic rings. The van der Waals surface area contributed by atoms with E-state index in [1.54, 1.807) is 24.5 Å². The Bertz CT molecular complexity index is 890. The summed E-state index contributed by atoms with van der Waals surface area (Å²) >= 11 is 0. The van der Waals surface area contributed by atoms with Gasteiger partial charge in [0.05, 0.1) is 11.5 Å². The number of hydrogen-bond donors (Lipinski definition) is 1. The molecule has 4 rings (SSSR count). The Kier molecular flexibility index (Phi) is 5.39. The molecule has 5 nitrogen and oxygen atoms in total. The molecule has 2 atom stereocenters. The van der Waals surface area contributed by atoms with E-state index in [0.717, 1.165) is 49.8 Å². The molecule has 29 heavy (non-hydrogen) atoms. The van der Waals surface area contributed by atoms with Crippen LogP contribution in [0, 0.1) is 0 Å². The summed E-state index contributed by atoms with van der Waals surface area (Å²) < 4.78 is 0. The number of aromatic nitrogens is 1. The van der Waals surface area contributed by atoms with E-state index in [9.17, 15) is 9.59 Å². The Morgan fingerprint density at radius 1 is 1.17 bits per heavy atom. The molecule has 1 saturated carbocycles. The lowest BCUT2D eigenvalue weighted by atomic mass is 9.64. The van der Waals surface area contributed by atoms with Gasteiger partial charge in [-0.15, -0.1) is 0 Å². The van der Waals surface area contributed by atoms with Crippen LogP contribution < -0.4 is 5.32 Å². The summed E-state index contributed by atoms with van der Waals surface area (Å²) in [5.74, 6) is -0.338. The normalized spacial score (nSPS) is 21.5. The maximum absolute atomic E-state index is 13.7. The summed E-state index contributed by atoms with van der Waals surface area (Å²) in [5.41, 5.74) is 1.81. The topological polar surface area (TPSA) is 62.3 Å². The van der Waals surface area contributed by atoms with Gasteiger partial charge in [-0.2, -0.15) is 0 Å². The van der Waals surface area contributed by atoms with Crippen LogP contribution in [0.5, 0.6) is 0 Å². The fourth-order valence-electron chi connectivity index (χ4n) is 5.25. The first-order valence-electron chi connectivity index (χ1n) is 10.7. The Morgan fingerprint density at radius 2 is 1.86 bits per heavy atom. The minimum Gasteiger partial charge on any atom is -0.329 e. The predicted octanol–water partition coefficient (Wildman–Crippen LogP) is 4.76. The van der Waals surface area contributed by atoms with E-state index in [2.05, 4.69) is 29.0 Å². The van der Waals surface area contributed by atoms with Crippen LogP contribution in [-0.4, -0.2) is 33.3 Å². The number of carbonyl (C=O) groups excluding carboxylic acids is 2. The summed E-state index contributed by atoms with van der Waals surface area (Å²) in [6.45, 7) is 4.22. The second-order valence-electron chi connectivity index (χ2n) is 8.34. The second kappa shape index (κ2) is 7.97. The van der Waals surface area contributed by atoms with Gasteiger partial charge in [0.2, 0.25) is 5.91 Å². The number of nitrogens with one attached hydrogen (secondary N) is 1. The predicted molar refractivity (Wildman–Crippen MR) is 114 cm³/mol. The number of carbonyl (C=O) groups is 2. The third kappa shape index (κ3) is 3.33. The highest BCUT2D eigenvalue weighted by atomic mass is 16.2. The third-order valence-corrected chi connectivity index (χ3v) is 6.70. The van der Waals surface area contributed by atoms with Gasteiger partial charge in [0.25, 0.3) is 5.91 Å². The number of fused-ring (bicyclic) bond motifs is 1. The SMILES string of the molecule is CC[C@H](C)N1C(=O)c2ccccc2[C@@H](C(=O)Nc2ccncc2)C12CCCCC2. The van der Waals surface area contributed by atoms with E-state index in [4.69, 9.17) is 0 Å². The lowest BCUT2D eigenvalue weighted by Gasteiger charge is -2.55. The van der Waals surface area contributed by atoms with Gasteiger partial charge in [-0.05, 0) is 49.9 Å². The zero-order valence-corrected chi connectivity index (χ0v) is 17.2. The third-order valence-electron chi connectivity index (χ3n) is 6.70. The van der Waals surface area contributed by atoms with Crippen LogP contribution in [0.4, 0.5) is 5.69 Å². The maximum Gasteiger partial charge on any atom is 0.254 e. The highest BCUT2D eigenvalue weighted by molar-refractivity contribution is 6.05. The first-order valence-corrected chi connectivity index (χ1v) is 10.7. The highest BCUT2D eigenvalue weighted by Gasteiger charge is 2.55. The van der Waals surface area contributed by atoms with Crippen molar-refractivity contribution in [1.82, 2.24) is 9.88 Å². The number of amides is 2. The van der Waals surface area contributed by atoms with Crippen LogP contribution in [0.25, 0.3) is 0 Å². The lowest BCUT2D eigenvalue weighted by Crippen LogP contribution is -2.64. The van der Waals surface area contributed by atoms with Gasteiger partial charge in [0.15, 0.2) is 0 Å². The fourth-order valence-corrected chi connectivity index (χ4v) is 5.25. The van der Waals surface area contributed by atoms with Gasteiger partial charge in [-0.1, -0.05) is 44.4 Å². The van der Waals surface area contributed by atoms with Gasteiger partial charge in [0, 0.05) is 29.7 Å². The van der Waals surface area contributed by atoms with Crippen molar-refractivity contribution >= 4 is 17.5 Å². The van der Waals surface area contributed by atoms with Crippen molar-refractivity contribution in [2.24, 2.45) is 0 Å². The van der Waals surface area contributed by atoms with Gasteiger partial charge < -0.3 is 10.2 Å².